The minimum Gasteiger partial charge on any atom is -0.0879 e. The minimum absolute atomic E-state index is 0.534. The highest BCUT2D eigenvalue weighted by Crippen LogP contribution is 2.67. The van der Waals surface area contributed by atoms with Crippen LogP contribution in [-0.4, -0.2) is 0 Å². The van der Waals surface area contributed by atoms with Crippen molar-refractivity contribution in [2.75, 3.05) is 0 Å². The Kier molecular flexibility index (Phi) is 1.50. The first kappa shape index (κ1) is 8.34. The fraction of sp³-hybridized carbons (Fsp3) is 0.833. The molecule has 0 heterocycles. The third-order valence-electron chi connectivity index (χ3n) is 4.96. The van der Waals surface area contributed by atoms with E-state index in [0.29, 0.717) is 10.8 Å². The van der Waals surface area contributed by atoms with Crippen LogP contribution >= 0.6 is 0 Å². The van der Waals surface area contributed by atoms with E-state index in [1.165, 1.54) is 19.3 Å². The van der Waals surface area contributed by atoms with Crippen molar-refractivity contribution in [2.24, 2.45) is 16.7 Å². The SMILES string of the molecule is CC=C1CC2CCC1(C)C2(C)C. The fourth-order valence-electron chi connectivity index (χ4n) is 3.46. The summed E-state index contributed by atoms with van der Waals surface area (Å²) >= 11 is 0. The molecule has 0 nitrogen and oxygen atoms in total. The molecule has 2 bridgehead atoms. The second kappa shape index (κ2) is 2.16. The summed E-state index contributed by atoms with van der Waals surface area (Å²) in [7, 11) is 0. The molecule has 2 aliphatic rings. The number of rotatable bonds is 0. The van der Waals surface area contributed by atoms with Crippen LogP contribution in [0.2, 0.25) is 0 Å². The van der Waals surface area contributed by atoms with Gasteiger partial charge in [0.25, 0.3) is 0 Å². The predicted molar refractivity (Wildman–Crippen MR) is 53.0 cm³/mol. The maximum Gasteiger partial charge on any atom is -0.00624 e. The molecule has 2 rings (SSSR count). The van der Waals surface area contributed by atoms with E-state index in [1.54, 1.807) is 5.57 Å². The Balaban J connectivity index is 2.46. The number of hydrogen-bond donors (Lipinski definition) is 0. The van der Waals surface area contributed by atoms with Gasteiger partial charge in [0.05, 0.1) is 0 Å². The molecule has 2 unspecified atom stereocenters. The van der Waals surface area contributed by atoms with Gasteiger partial charge in [-0.3, -0.25) is 0 Å². The Morgan fingerprint density at radius 2 is 2.00 bits per heavy atom. The van der Waals surface area contributed by atoms with E-state index in [0.717, 1.165) is 5.92 Å². The van der Waals surface area contributed by atoms with Gasteiger partial charge in [-0.15, -0.1) is 0 Å². The highest BCUT2D eigenvalue weighted by atomic mass is 14.6. The Morgan fingerprint density at radius 1 is 1.33 bits per heavy atom. The van der Waals surface area contributed by atoms with Crippen molar-refractivity contribution in [3.63, 3.8) is 0 Å². The second-order valence-electron chi connectivity index (χ2n) is 5.31. The van der Waals surface area contributed by atoms with E-state index >= 15 is 0 Å². The van der Waals surface area contributed by atoms with Gasteiger partial charge in [-0.2, -0.15) is 0 Å². The van der Waals surface area contributed by atoms with E-state index in [-0.39, 0.29) is 0 Å². The third-order valence-corrected chi connectivity index (χ3v) is 4.96. The highest BCUT2D eigenvalue weighted by molar-refractivity contribution is 5.28. The molecule has 2 aliphatic carbocycles. The van der Waals surface area contributed by atoms with Crippen LogP contribution in [0, 0.1) is 16.7 Å². The summed E-state index contributed by atoms with van der Waals surface area (Å²) < 4.78 is 0. The lowest BCUT2D eigenvalue weighted by atomic mass is 9.69. The molecule has 0 amide bonds. The lowest BCUT2D eigenvalue weighted by molar-refractivity contribution is 0.179. The lowest BCUT2D eigenvalue weighted by Crippen LogP contribution is -2.27. The molecule has 0 heteroatoms. The molecule has 68 valence electrons. The molecule has 0 spiro atoms. The Labute approximate surface area is 76.1 Å². The highest BCUT2D eigenvalue weighted by Gasteiger charge is 2.58. The first-order valence-electron chi connectivity index (χ1n) is 5.18. The average Bonchev–Trinajstić information content (AvgIpc) is 2.34. The van der Waals surface area contributed by atoms with Gasteiger partial charge in [-0.25, -0.2) is 0 Å². The smallest absolute Gasteiger partial charge is 0.00624 e. The molecular weight excluding hydrogens is 144 g/mol. The van der Waals surface area contributed by atoms with Gasteiger partial charge in [0.1, 0.15) is 0 Å². The first-order valence-corrected chi connectivity index (χ1v) is 5.18. The molecule has 0 aliphatic heterocycles. The van der Waals surface area contributed by atoms with Crippen LogP contribution in [0.4, 0.5) is 0 Å². The summed E-state index contributed by atoms with van der Waals surface area (Å²) in [5.74, 6) is 0.966. The summed E-state index contributed by atoms with van der Waals surface area (Å²) in [5, 5.41) is 0. The number of hydrogen-bond acceptors (Lipinski definition) is 0. The van der Waals surface area contributed by atoms with E-state index in [2.05, 4.69) is 33.8 Å². The quantitative estimate of drug-likeness (QED) is 0.478. The van der Waals surface area contributed by atoms with Crippen LogP contribution in [-0.2, 0) is 0 Å². The van der Waals surface area contributed by atoms with Crippen molar-refractivity contribution >= 4 is 0 Å². The van der Waals surface area contributed by atoms with Crippen molar-refractivity contribution in [3.8, 4) is 0 Å². The maximum absolute atomic E-state index is 2.47. The van der Waals surface area contributed by atoms with E-state index in [1.807, 2.05) is 0 Å². The van der Waals surface area contributed by atoms with Gasteiger partial charge in [-0.05, 0) is 42.9 Å². The van der Waals surface area contributed by atoms with Crippen LogP contribution in [0.3, 0.4) is 0 Å². The molecule has 2 atom stereocenters. The largest absolute Gasteiger partial charge is 0.0879 e. The van der Waals surface area contributed by atoms with Crippen molar-refractivity contribution in [1.29, 1.82) is 0 Å². The molecule has 0 radical (unpaired) electrons. The van der Waals surface area contributed by atoms with Gasteiger partial charge in [0, 0.05) is 0 Å². The van der Waals surface area contributed by atoms with Gasteiger partial charge in [0.2, 0.25) is 0 Å². The van der Waals surface area contributed by atoms with Crippen LogP contribution in [0.5, 0.6) is 0 Å². The van der Waals surface area contributed by atoms with Crippen LogP contribution in [0.1, 0.15) is 47.0 Å². The van der Waals surface area contributed by atoms with Crippen LogP contribution < -0.4 is 0 Å². The lowest BCUT2D eigenvalue weighted by Gasteiger charge is -2.35. The summed E-state index contributed by atoms with van der Waals surface area (Å²) in [4.78, 5) is 0. The minimum atomic E-state index is 0.534. The van der Waals surface area contributed by atoms with E-state index in [9.17, 15) is 0 Å². The Morgan fingerprint density at radius 3 is 2.25 bits per heavy atom. The normalized spacial score (nSPS) is 47.3. The standard InChI is InChI=1S/C12H20/c1-5-9-8-10-6-7-12(9,4)11(10,2)3/h5,10H,6-8H2,1-4H3. The number of allylic oxidation sites excluding steroid dienone is 2. The van der Waals surface area contributed by atoms with Gasteiger partial charge >= 0.3 is 0 Å². The van der Waals surface area contributed by atoms with Crippen molar-refractivity contribution in [3.05, 3.63) is 11.6 Å². The summed E-state index contributed by atoms with van der Waals surface area (Å²) in [6, 6.07) is 0. The molecular formula is C12H20. The molecule has 2 fully saturated rings. The fourth-order valence-corrected chi connectivity index (χ4v) is 3.46. The van der Waals surface area contributed by atoms with Crippen LogP contribution in [0.15, 0.2) is 11.6 Å². The Bertz CT molecular complexity index is 234. The summed E-state index contributed by atoms with van der Waals surface area (Å²) in [6.07, 6.45) is 6.62. The van der Waals surface area contributed by atoms with Crippen molar-refractivity contribution < 1.29 is 0 Å². The zero-order chi connectivity index (χ0) is 8.98. The van der Waals surface area contributed by atoms with Crippen LogP contribution in [0.25, 0.3) is 0 Å². The van der Waals surface area contributed by atoms with Gasteiger partial charge in [0.15, 0.2) is 0 Å². The second-order valence-corrected chi connectivity index (χ2v) is 5.31. The topological polar surface area (TPSA) is 0 Å². The summed E-state index contributed by atoms with van der Waals surface area (Å²) in [5.41, 5.74) is 2.82. The Hall–Kier alpha value is -0.260. The van der Waals surface area contributed by atoms with Gasteiger partial charge in [-0.1, -0.05) is 32.4 Å². The molecule has 12 heavy (non-hydrogen) atoms. The maximum atomic E-state index is 2.47. The molecule has 0 aromatic carbocycles. The van der Waals surface area contributed by atoms with Crippen molar-refractivity contribution in [2.45, 2.75) is 47.0 Å². The molecule has 0 saturated heterocycles. The third kappa shape index (κ3) is 0.694. The molecule has 2 saturated carbocycles. The molecule has 0 N–H and O–H groups in total. The van der Waals surface area contributed by atoms with Crippen molar-refractivity contribution in [1.82, 2.24) is 0 Å². The summed E-state index contributed by atoms with van der Waals surface area (Å²) in [6.45, 7) is 9.59. The zero-order valence-electron chi connectivity index (χ0n) is 8.78. The first-order chi connectivity index (χ1) is 5.52. The van der Waals surface area contributed by atoms with E-state index < -0.39 is 0 Å². The van der Waals surface area contributed by atoms with Gasteiger partial charge < -0.3 is 0 Å². The van der Waals surface area contributed by atoms with E-state index in [4.69, 9.17) is 0 Å². The average molecular weight is 164 g/mol. The predicted octanol–water partition coefficient (Wildman–Crippen LogP) is 3.78. The monoisotopic (exact) mass is 164 g/mol. The zero-order valence-corrected chi connectivity index (χ0v) is 8.78. The molecule has 0 aromatic rings. The number of fused-ring (bicyclic) bond motifs is 2. The molecule has 0 aromatic heterocycles.